The fourth-order valence-electron chi connectivity index (χ4n) is 3.01. The van der Waals surface area contributed by atoms with Crippen molar-refractivity contribution in [2.75, 3.05) is 44.2 Å². The highest BCUT2D eigenvalue weighted by Gasteiger charge is 2.17. The molecule has 7 heteroatoms. The number of piperazine rings is 1. The standard InChI is InChI=1S/C19H24ClN5O/c1-2-24-10-12-25(13-11-24)18-7-6-17(22-23-18)19(26)21-9-8-15-4-3-5-16(20)14-15/h3-7,14H,2,8-13H2,1H3,(H,21,26). The van der Waals surface area contributed by atoms with Gasteiger partial charge in [-0.3, -0.25) is 4.79 Å². The van der Waals surface area contributed by atoms with Crippen molar-refractivity contribution in [3.8, 4) is 0 Å². The van der Waals surface area contributed by atoms with Crippen molar-refractivity contribution >= 4 is 23.3 Å². The van der Waals surface area contributed by atoms with Crippen molar-refractivity contribution in [2.24, 2.45) is 0 Å². The highest BCUT2D eigenvalue weighted by Crippen LogP contribution is 2.13. The van der Waals surface area contributed by atoms with Gasteiger partial charge in [0.1, 0.15) is 0 Å². The molecule has 1 fully saturated rings. The van der Waals surface area contributed by atoms with E-state index >= 15 is 0 Å². The van der Waals surface area contributed by atoms with Crippen LogP contribution in [0.1, 0.15) is 23.0 Å². The van der Waals surface area contributed by atoms with E-state index in [-0.39, 0.29) is 5.91 Å². The third-order valence-electron chi connectivity index (χ3n) is 4.61. The Balaban J connectivity index is 1.49. The first-order chi connectivity index (χ1) is 12.7. The molecule has 2 heterocycles. The number of likely N-dealkylation sites (N-methyl/N-ethyl adjacent to an activating group) is 1. The van der Waals surface area contributed by atoms with E-state index in [1.54, 1.807) is 6.07 Å². The fourth-order valence-corrected chi connectivity index (χ4v) is 3.22. The van der Waals surface area contributed by atoms with Gasteiger partial charge < -0.3 is 15.1 Å². The molecule has 0 spiro atoms. The highest BCUT2D eigenvalue weighted by molar-refractivity contribution is 6.30. The zero-order valence-corrected chi connectivity index (χ0v) is 15.7. The molecular weight excluding hydrogens is 350 g/mol. The van der Waals surface area contributed by atoms with Gasteiger partial charge in [-0.15, -0.1) is 10.2 Å². The number of amides is 1. The van der Waals surface area contributed by atoms with Gasteiger partial charge >= 0.3 is 0 Å². The van der Waals surface area contributed by atoms with Crippen LogP contribution in [0.2, 0.25) is 5.02 Å². The van der Waals surface area contributed by atoms with E-state index in [4.69, 9.17) is 11.6 Å². The lowest BCUT2D eigenvalue weighted by molar-refractivity contribution is 0.0948. The molecule has 0 bridgehead atoms. The average Bonchev–Trinajstić information content (AvgIpc) is 2.68. The van der Waals surface area contributed by atoms with Crippen molar-refractivity contribution in [1.82, 2.24) is 20.4 Å². The summed E-state index contributed by atoms with van der Waals surface area (Å²) in [5.41, 5.74) is 1.43. The van der Waals surface area contributed by atoms with Gasteiger partial charge in [-0.05, 0) is 42.8 Å². The number of anilines is 1. The van der Waals surface area contributed by atoms with E-state index in [2.05, 4.69) is 32.2 Å². The summed E-state index contributed by atoms with van der Waals surface area (Å²) in [5.74, 6) is 0.623. The molecule has 0 unspecified atom stereocenters. The third kappa shape index (κ3) is 4.93. The van der Waals surface area contributed by atoms with Crippen LogP contribution in [0.25, 0.3) is 0 Å². The quantitative estimate of drug-likeness (QED) is 0.841. The number of rotatable bonds is 6. The number of carbonyl (C=O) groups is 1. The molecule has 0 radical (unpaired) electrons. The van der Waals surface area contributed by atoms with Crippen LogP contribution >= 0.6 is 11.6 Å². The molecule has 0 saturated carbocycles. The number of nitrogens with zero attached hydrogens (tertiary/aromatic N) is 4. The molecule has 1 aliphatic heterocycles. The summed E-state index contributed by atoms with van der Waals surface area (Å²) >= 11 is 5.97. The Morgan fingerprint density at radius 3 is 2.62 bits per heavy atom. The molecule has 1 amide bonds. The molecule has 138 valence electrons. The van der Waals surface area contributed by atoms with Crippen LogP contribution in [-0.4, -0.2) is 60.3 Å². The molecule has 0 aliphatic carbocycles. The molecule has 3 rings (SSSR count). The summed E-state index contributed by atoms with van der Waals surface area (Å²) in [7, 11) is 0. The Morgan fingerprint density at radius 2 is 1.96 bits per heavy atom. The van der Waals surface area contributed by atoms with Gasteiger partial charge in [0.2, 0.25) is 0 Å². The van der Waals surface area contributed by atoms with E-state index in [1.165, 1.54) is 0 Å². The van der Waals surface area contributed by atoms with E-state index in [0.717, 1.165) is 50.5 Å². The topological polar surface area (TPSA) is 61.4 Å². The Morgan fingerprint density at radius 1 is 1.15 bits per heavy atom. The normalized spacial score (nSPS) is 15.1. The summed E-state index contributed by atoms with van der Waals surface area (Å²) in [4.78, 5) is 16.8. The first kappa shape index (κ1) is 18.6. The molecule has 6 nitrogen and oxygen atoms in total. The van der Waals surface area contributed by atoms with Crippen molar-refractivity contribution in [3.63, 3.8) is 0 Å². The summed E-state index contributed by atoms with van der Waals surface area (Å²) < 4.78 is 0. The van der Waals surface area contributed by atoms with E-state index < -0.39 is 0 Å². The monoisotopic (exact) mass is 373 g/mol. The van der Waals surface area contributed by atoms with Crippen LogP contribution in [-0.2, 0) is 6.42 Å². The summed E-state index contributed by atoms with van der Waals surface area (Å²) in [6, 6.07) is 11.3. The van der Waals surface area contributed by atoms with Gasteiger partial charge in [-0.2, -0.15) is 0 Å². The second-order valence-electron chi connectivity index (χ2n) is 6.33. The number of benzene rings is 1. The second kappa shape index (κ2) is 8.96. The van der Waals surface area contributed by atoms with Crippen molar-refractivity contribution < 1.29 is 4.79 Å². The lowest BCUT2D eigenvalue weighted by Crippen LogP contribution is -2.46. The minimum Gasteiger partial charge on any atom is -0.353 e. The predicted octanol–water partition coefficient (Wildman–Crippen LogP) is 2.24. The van der Waals surface area contributed by atoms with Gasteiger partial charge in [0.25, 0.3) is 5.91 Å². The van der Waals surface area contributed by atoms with Crippen LogP contribution in [0.4, 0.5) is 5.82 Å². The van der Waals surface area contributed by atoms with Crippen LogP contribution < -0.4 is 10.2 Å². The lowest BCUT2D eigenvalue weighted by atomic mass is 10.1. The maximum Gasteiger partial charge on any atom is 0.271 e. The number of aromatic nitrogens is 2. The summed E-state index contributed by atoms with van der Waals surface area (Å²) in [5, 5.41) is 11.9. The number of carbonyl (C=O) groups excluding carboxylic acids is 1. The molecule has 1 saturated heterocycles. The number of hydrogen-bond donors (Lipinski definition) is 1. The molecule has 26 heavy (non-hydrogen) atoms. The maximum atomic E-state index is 12.2. The van der Waals surface area contributed by atoms with Gasteiger partial charge in [-0.25, -0.2) is 0 Å². The molecule has 1 aliphatic rings. The Kier molecular flexibility index (Phi) is 6.41. The number of nitrogens with one attached hydrogen (secondary N) is 1. The van der Waals surface area contributed by atoms with E-state index in [1.807, 2.05) is 30.3 Å². The number of halogens is 1. The predicted molar refractivity (Wildman–Crippen MR) is 104 cm³/mol. The first-order valence-corrected chi connectivity index (χ1v) is 9.37. The fraction of sp³-hybridized carbons (Fsp3) is 0.421. The lowest BCUT2D eigenvalue weighted by Gasteiger charge is -2.34. The van der Waals surface area contributed by atoms with Gasteiger partial charge in [0, 0.05) is 37.7 Å². The SMILES string of the molecule is CCN1CCN(c2ccc(C(=O)NCCc3cccc(Cl)c3)nn2)CC1. The molecule has 1 N–H and O–H groups in total. The third-order valence-corrected chi connectivity index (χ3v) is 4.85. The zero-order chi connectivity index (χ0) is 18.4. The highest BCUT2D eigenvalue weighted by atomic mass is 35.5. The van der Waals surface area contributed by atoms with E-state index in [0.29, 0.717) is 17.3 Å². The zero-order valence-electron chi connectivity index (χ0n) is 15.0. The smallest absolute Gasteiger partial charge is 0.271 e. The van der Waals surface area contributed by atoms with Crippen LogP contribution in [0.15, 0.2) is 36.4 Å². The first-order valence-electron chi connectivity index (χ1n) is 8.99. The Labute approximate surface area is 159 Å². The van der Waals surface area contributed by atoms with Crippen molar-refractivity contribution in [1.29, 1.82) is 0 Å². The average molecular weight is 374 g/mol. The molecular formula is C19H24ClN5O. The molecule has 1 aromatic heterocycles. The number of hydrogen-bond acceptors (Lipinski definition) is 5. The summed E-state index contributed by atoms with van der Waals surface area (Å²) in [6.45, 7) is 7.72. The van der Waals surface area contributed by atoms with E-state index in [9.17, 15) is 4.79 Å². The minimum absolute atomic E-state index is 0.207. The Hall–Kier alpha value is -2.18. The molecule has 0 atom stereocenters. The maximum absolute atomic E-state index is 12.2. The van der Waals surface area contributed by atoms with Crippen molar-refractivity contribution in [2.45, 2.75) is 13.3 Å². The van der Waals surface area contributed by atoms with Crippen LogP contribution in [0.5, 0.6) is 0 Å². The molecule has 2 aromatic rings. The van der Waals surface area contributed by atoms with Crippen LogP contribution in [0.3, 0.4) is 0 Å². The minimum atomic E-state index is -0.207. The van der Waals surface area contributed by atoms with Gasteiger partial charge in [-0.1, -0.05) is 30.7 Å². The summed E-state index contributed by atoms with van der Waals surface area (Å²) in [6.07, 6.45) is 0.722. The molecule has 1 aromatic carbocycles. The second-order valence-corrected chi connectivity index (χ2v) is 6.77. The van der Waals surface area contributed by atoms with Crippen molar-refractivity contribution in [3.05, 3.63) is 52.7 Å². The van der Waals surface area contributed by atoms with Gasteiger partial charge in [0.05, 0.1) is 0 Å². The van der Waals surface area contributed by atoms with Gasteiger partial charge in [0.15, 0.2) is 11.5 Å². The largest absolute Gasteiger partial charge is 0.353 e. The van der Waals surface area contributed by atoms with Crippen LogP contribution in [0, 0.1) is 0 Å². The Bertz CT molecular complexity index is 729.